The summed E-state index contributed by atoms with van der Waals surface area (Å²) in [5, 5.41) is 12.3. The molecular weight excluding hydrogens is 358 g/mol. The Kier molecular flexibility index (Phi) is 4.74. The number of H-pyrrole nitrogens is 1. The molecule has 0 spiro atoms. The van der Waals surface area contributed by atoms with Crippen LogP contribution in [-0.2, 0) is 4.79 Å². The van der Waals surface area contributed by atoms with Crippen molar-refractivity contribution in [2.75, 3.05) is 30.4 Å². The standard InChI is InChI=1S/C20H21N5O3/c1-28-13-7-5-6-12(10-13)15-14(11-21)18(26)22-17-16(15)19(27)24-20(23-17)25-8-3-2-4-9-25/h5-7,10,14-15H,2-4,8-9H2,1H3,(H2,22,23,24,26,27). The average molecular weight is 379 g/mol. The minimum atomic E-state index is -1.02. The normalized spacial score (nSPS) is 21.4. The second-order valence-electron chi connectivity index (χ2n) is 7.05. The maximum atomic E-state index is 13.0. The van der Waals surface area contributed by atoms with Gasteiger partial charge in [0.25, 0.3) is 5.56 Å². The third-order valence-electron chi connectivity index (χ3n) is 5.36. The number of methoxy groups -OCH3 is 1. The lowest BCUT2D eigenvalue weighted by molar-refractivity contribution is -0.119. The Morgan fingerprint density at radius 1 is 1.25 bits per heavy atom. The quantitative estimate of drug-likeness (QED) is 0.844. The molecule has 1 amide bonds. The van der Waals surface area contributed by atoms with Gasteiger partial charge in [0.15, 0.2) is 0 Å². The van der Waals surface area contributed by atoms with Crippen molar-refractivity contribution in [2.45, 2.75) is 25.2 Å². The number of fused-ring (bicyclic) bond motifs is 1. The van der Waals surface area contributed by atoms with Gasteiger partial charge in [-0.05, 0) is 37.0 Å². The molecule has 4 rings (SSSR count). The molecule has 2 unspecified atom stereocenters. The van der Waals surface area contributed by atoms with Gasteiger partial charge in [0, 0.05) is 19.0 Å². The highest BCUT2D eigenvalue weighted by Crippen LogP contribution is 2.39. The third-order valence-corrected chi connectivity index (χ3v) is 5.36. The molecule has 0 saturated carbocycles. The highest BCUT2D eigenvalue weighted by atomic mass is 16.5. The van der Waals surface area contributed by atoms with Gasteiger partial charge >= 0.3 is 0 Å². The second kappa shape index (κ2) is 7.35. The molecule has 0 radical (unpaired) electrons. The number of ether oxygens (including phenoxy) is 1. The van der Waals surface area contributed by atoms with Gasteiger partial charge in [-0.1, -0.05) is 12.1 Å². The van der Waals surface area contributed by atoms with Crippen LogP contribution in [0, 0.1) is 17.2 Å². The first-order chi connectivity index (χ1) is 13.6. The van der Waals surface area contributed by atoms with Crippen LogP contribution in [0.3, 0.4) is 0 Å². The van der Waals surface area contributed by atoms with Crippen LogP contribution in [0.4, 0.5) is 11.8 Å². The number of benzene rings is 1. The van der Waals surface area contributed by atoms with E-state index in [9.17, 15) is 14.9 Å². The van der Waals surface area contributed by atoms with Crippen LogP contribution in [0.2, 0.25) is 0 Å². The number of aromatic amines is 1. The number of carbonyl (C=O) groups is 1. The zero-order chi connectivity index (χ0) is 19.7. The summed E-state index contributed by atoms with van der Waals surface area (Å²) >= 11 is 0. The lowest BCUT2D eigenvalue weighted by Gasteiger charge is -2.31. The Morgan fingerprint density at radius 3 is 2.75 bits per heavy atom. The Morgan fingerprint density at radius 2 is 2.04 bits per heavy atom. The minimum Gasteiger partial charge on any atom is -0.497 e. The highest BCUT2D eigenvalue weighted by molar-refractivity contribution is 5.98. The van der Waals surface area contributed by atoms with Gasteiger partial charge in [-0.25, -0.2) is 0 Å². The highest BCUT2D eigenvalue weighted by Gasteiger charge is 2.40. The van der Waals surface area contributed by atoms with Crippen molar-refractivity contribution in [3.63, 3.8) is 0 Å². The molecule has 8 nitrogen and oxygen atoms in total. The molecule has 1 aromatic heterocycles. The van der Waals surface area contributed by atoms with Crippen molar-refractivity contribution in [3.8, 4) is 11.8 Å². The van der Waals surface area contributed by atoms with E-state index in [1.165, 1.54) is 0 Å². The second-order valence-corrected chi connectivity index (χ2v) is 7.05. The Balaban J connectivity index is 1.84. The van der Waals surface area contributed by atoms with Crippen LogP contribution in [-0.4, -0.2) is 36.1 Å². The molecule has 8 heteroatoms. The first-order valence-corrected chi connectivity index (χ1v) is 9.36. The van der Waals surface area contributed by atoms with E-state index in [0.29, 0.717) is 22.8 Å². The summed E-state index contributed by atoms with van der Waals surface area (Å²) in [4.78, 5) is 35.0. The molecule has 2 aliphatic rings. The van der Waals surface area contributed by atoms with Gasteiger partial charge in [-0.15, -0.1) is 0 Å². The van der Waals surface area contributed by atoms with Gasteiger partial charge in [-0.2, -0.15) is 10.2 Å². The van der Waals surface area contributed by atoms with Crippen molar-refractivity contribution in [2.24, 2.45) is 5.92 Å². The number of aromatic nitrogens is 2. The van der Waals surface area contributed by atoms with Crippen LogP contribution in [0.5, 0.6) is 5.75 Å². The Labute approximate surface area is 162 Å². The molecule has 2 N–H and O–H groups in total. The van der Waals surface area contributed by atoms with E-state index >= 15 is 0 Å². The molecule has 1 fully saturated rings. The largest absolute Gasteiger partial charge is 0.497 e. The molecule has 1 aromatic carbocycles. The molecular formula is C20H21N5O3. The lowest BCUT2D eigenvalue weighted by Crippen LogP contribution is -2.40. The van der Waals surface area contributed by atoms with Crippen molar-refractivity contribution >= 4 is 17.7 Å². The number of hydrogen-bond donors (Lipinski definition) is 2. The number of nitrogens with zero attached hydrogens (tertiary/aromatic N) is 3. The summed E-state index contributed by atoms with van der Waals surface area (Å²) in [6, 6.07) is 9.13. The molecule has 3 heterocycles. The van der Waals surface area contributed by atoms with Crippen molar-refractivity contribution < 1.29 is 9.53 Å². The zero-order valence-corrected chi connectivity index (χ0v) is 15.6. The fourth-order valence-electron chi connectivity index (χ4n) is 3.95. The molecule has 0 bridgehead atoms. The van der Waals surface area contributed by atoms with Crippen LogP contribution < -0.4 is 20.5 Å². The Bertz CT molecular complexity index is 1000. The Hall–Kier alpha value is -3.34. The third kappa shape index (κ3) is 3.09. The maximum absolute atomic E-state index is 13.0. The van der Waals surface area contributed by atoms with Crippen molar-refractivity contribution in [1.29, 1.82) is 5.26 Å². The summed E-state index contributed by atoms with van der Waals surface area (Å²) < 4.78 is 5.27. The summed E-state index contributed by atoms with van der Waals surface area (Å²) in [6.45, 7) is 1.63. The van der Waals surface area contributed by atoms with E-state index in [-0.39, 0.29) is 11.4 Å². The maximum Gasteiger partial charge on any atom is 0.258 e. The molecule has 2 aliphatic heterocycles. The van der Waals surface area contributed by atoms with E-state index in [1.807, 2.05) is 11.0 Å². The minimum absolute atomic E-state index is 0.230. The van der Waals surface area contributed by atoms with E-state index in [0.717, 1.165) is 32.4 Å². The van der Waals surface area contributed by atoms with Crippen LogP contribution in [0.15, 0.2) is 29.1 Å². The molecule has 2 atom stereocenters. The average Bonchev–Trinajstić information content (AvgIpc) is 2.73. The summed E-state index contributed by atoms with van der Waals surface area (Å²) in [7, 11) is 1.54. The number of nitrogens with one attached hydrogen (secondary N) is 2. The number of carbonyl (C=O) groups excluding carboxylic acids is 1. The molecule has 2 aromatic rings. The molecule has 1 saturated heterocycles. The van der Waals surface area contributed by atoms with Gasteiger partial charge in [0.1, 0.15) is 17.5 Å². The monoisotopic (exact) mass is 379 g/mol. The lowest BCUT2D eigenvalue weighted by atomic mass is 9.79. The summed E-state index contributed by atoms with van der Waals surface area (Å²) in [5.41, 5.74) is 0.638. The topological polar surface area (TPSA) is 111 Å². The first-order valence-electron chi connectivity index (χ1n) is 9.36. The van der Waals surface area contributed by atoms with E-state index in [4.69, 9.17) is 4.74 Å². The van der Waals surface area contributed by atoms with E-state index < -0.39 is 17.7 Å². The number of amides is 1. The van der Waals surface area contributed by atoms with Crippen LogP contribution in [0.1, 0.15) is 36.3 Å². The first kappa shape index (κ1) is 18.0. The van der Waals surface area contributed by atoms with Crippen LogP contribution >= 0.6 is 0 Å². The number of piperidine rings is 1. The fourth-order valence-corrected chi connectivity index (χ4v) is 3.95. The fraction of sp³-hybridized carbons (Fsp3) is 0.400. The smallest absolute Gasteiger partial charge is 0.258 e. The number of anilines is 2. The molecule has 144 valence electrons. The number of nitriles is 1. The van der Waals surface area contributed by atoms with Crippen molar-refractivity contribution in [1.82, 2.24) is 9.97 Å². The molecule has 28 heavy (non-hydrogen) atoms. The molecule has 0 aliphatic carbocycles. The van der Waals surface area contributed by atoms with E-state index in [1.54, 1.807) is 31.4 Å². The van der Waals surface area contributed by atoms with Crippen LogP contribution in [0.25, 0.3) is 0 Å². The van der Waals surface area contributed by atoms with Gasteiger partial charge < -0.3 is 15.0 Å². The summed E-state index contributed by atoms with van der Waals surface area (Å²) in [5.74, 6) is -0.905. The zero-order valence-electron chi connectivity index (χ0n) is 15.6. The summed E-state index contributed by atoms with van der Waals surface area (Å²) in [6.07, 6.45) is 3.23. The van der Waals surface area contributed by atoms with Gasteiger partial charge in [0.2, 0.25) is 11.9 Å². The number of hydrogen-bond acceptors (Lipinski definition) is 6. The number of rotatable bonds is 3. The SMILES string of the molecule is COc1cccc(C2c3c(nc(N4CCCCC4)[nH]c3=O)NC(=O)C2C#N)c1. The van der Waals surface area contributed by atoms with Crippen molar-refractivity contribution in [3.05, 3.63) is 45.7 Å². The predicted molar refractivity (Wildman–Crippen MR) is 103 cm³/mol. The van der Waals surface area contributed by atoms with Gasteiger partial charge in [0.05, 0.1) is 18.7 Å². The van der Waals surface area contributed by atoms with E-state index in [2.05, 4.69) is 15.3 Å². The predicted octanol–water partition coefficient (Wildman–Crippen LogP) is 1.99. The van der Waals surface area contributed by atoms with Gasteiger partial charge in [-0.3, -0.25) is 14.6 Å².